The maximum Gasteiger partial charge on any atom is 0.416 e. The number of nitrogens with zero attached hydrogens (tertiary/aromatic N) is 3. The van der Waals surface area contributed by atoms with Crippen molar-refractivity contribution in [1.29, 1.82) is 0 Å². The molecule has 4 rings (SSSR count). The number of halogens is 4. The average Bonchev–Trinajstić information content (AvgIpc) is 3.20. The lowest BCUT2D eigenvalue weighted by Gasteiger charge is -2.27. The summed E-state index contributed by atoms with van der Waals surface area (Å²) in [5.74, 6) is -1.27. The van der Waals surface area contributed by atoms with Gasteiger partial charge in [0.1, 0.15) is 11.5 Å². The van der Waals surface area contributed by atoms with Crippen LogP contribution in [0.3, 0.4) is 0 Å². The third-order valence-electron chi connectivity index (χ3n) is 5.09. The van der Waals surface area contributed by atoms with E-state index in [1.54, 1.807) is 17.0 Å². The molecule has 0 unspecified atom stereocenters. The van der Waals surface area contributed by atoms with Gasteiger partial charge in [0.05, 0.1) is 12.1 Å². The van der Waals surface area contributed by atoms with Crippen LogP contribution in [0.1, 0.15) is 37.7 Å². The molecule has 6 nitrogen and oxygen atoms in total. The van der Waals surface area contributed by atoms with Crippen LogP contribution in [0.5, 0.6) is 0 Å². The molecule has 2 amide bonds. The van der Waals surface area contributed by atoms with E-state index in [4.69, 9.17) is 0 Å². The van der Waals surface area contributed by atoms with Crippen LogP contribution < -0.4 is 5.32 Å². The van der Waals surface area contributed by atoms with Crippen molar-refractivity contribution in [2.24, 2.45) is 0 Å². The number of alkyl halides is 3. The molecule has 1 aliphatic rings. The number of benzene rings is 2. The summed E-state index contributed by atoms with van der Waals surface area (Å²) in [6.07, 6.45) is -4.47. The van der Waals surface area contributed by atoms with Gasteiger partial charge in [-0.3, -0.25) is 14.3 Å². The third-order valence-corrected chi connectivity index (χ3v) is 5.09. The van der Waals surface area contributed by atoms with Gasteiger partial charge in [-0.05, 0) is 35.4 Å². The van der Waals surface area contributed by atoms with Crippen LogP contribution in [0, 0.1) is 5.82 Å². The van der Waals surface area contributed by atoms with E-state index in [0.717, 1.165) is 17.7 Å². The molecule has 0 atom stereocenters. The molecule has 166 valence electrons. The molecule has 1 aliphatic heterocycles. The summed E-state index contributed by atoms with van der Waals surface area (Å²) in [6.45, 7) is 0.927. The number of nitrogens with one attached hydrogen (secondary N) is 1. The second-order valence-electron chi connectivity index (χ2n) is 7.37. The lowest BCUT2D eigenvalue weighted by atomic mass is 10.1. The predicted molar refractivity (Wildman–Crippen MR) is 106 cm³/mol. The SMILES string of the molecule is O=C(NCc1cccc(C(F)(F)F)c1)c1cc2n(n1)CCN(Cc1ccc(F)cc1)C2=O. The largest absolute Gasteiger partial charge is 0.416 e. The molecular weight excluding hydrogens is 428 g/mol. The van der Waals surface area contributed by atoms with Gasteiger partial charge in [-0.25, -0.2) is 4.39 Å². The molecule has 0 radical (unpaired) electrons. The molecular formula is C22H18F4N4O2. The Kier molecular flexibility index (Phi) is 5.68. The van der Waals surface area contributed by atoms with Crippen LogP contribution in [0.2, 0.25) is 0 Å². The van der Waals surface area contributed by atoms with Crippen LogP contribution in [-0.2, 0) is 25.8 Å². The lowest BCUT2D eigenvalue weighted by molar-refractivity contribution is -0.137. The van der Waals surface area contributed by atoms with Crippen LogP contribution in [0.15, 0.2) is 54.6 Å². The van der Waals surface area contributed by atoms with Gasteiger partial charge in [0.2, 0.25) is 0 Å². The summed E-state index contributed by atoms with van der Waals surface area (Å²) in [7, 11) is 0. The second-order valence-corrected chi connectivity index (χ2v) is 7.37. The smallest absolute Gasteiger partial charge is 0.347 e. The minimum atomic E-state index is -4.47. The quantitative estimate of drug-likeness (QED) is 0.609. The van der Waals surface area contributed by atoms with E-state index in [-0.39, 0.29) is 29.7 Å². The number of aromatic nitrogens is 2. The summed E-state index contributed by atoms with van der Waals surface area (Å²) in [6, 6.07) is 11.9. The molecule has 0 fully saturated rings. The molecule has 0 bridgehead atoms. The van der Waals surface area contributed by atoms with Crippen LogP contribution >= 0.6 is 0 Å². The number of hydrogen-bond acceptors (Lipinski definition) is 3. The molecule has 1 N–H and O–H groups in total. The first-order chi connectivity index (χ1) is 15.2. The highest BCUT2D eigenvalue weighted by molar-refractivity contribution is 5.98. The number of hydrogen-bond donors (Lipinski definition) is 1. The molecule has 1 aromatic heterocycles. The van der Waals surface area contributed by atoms with E-state index in [1.807, 2.05) is 0 Å². The zero-order chi connectivity index (χ0) is 22.9. The second kappa shape index (κ2) is 8.45. The van der Waals surface area contributed by atoms with E-state index >= 15 is 0 Å². The van der Waals surface area contributed by atoms with Gasteiger partial charge in [-0.2, -0.15) is 18.3 Å². The highest BCUT2D eigenvalue weighted by Gasteiger charge is 2.30. The highest BCUT2D eigenvalue weighted by atomic mass is 19.4. The van der Waals surface area contributed by atoms with Crippen molar-refractivity contribution in [3.63, 3.8) is 0 Å². The minimum Gasteiger partial charge on any atom is -0.347 e. The number of fused-ring (bicyclic) bond motifs is 1. The van der Waals surface area contributed by atoms with E-state index in [0.29, 0.717) is 25.2 Å². The summed E-state index contributed by atoms with van der Waals surface area (Å²) >= 11 is 0. The normalized spacial score (nSPS) is 13.8. The Morgan fingerprint density at radius 3 is 2.50 bits per heavy atom. The van der Waals surface area contributed by atoms with Gasteiger partial charge in [-0.1, -0.05) is 24.3 Å². The topological polar surface area (TPSA) is 67.2 Å². The van der Waals surface area contributed by atoms with E-state index in [2.05, 4.69) is 10.4 Å². The van der Waals surface area contributed by atoms with Gasteiger partial charge in [0.15, 0.2) is 5.69 Å². The highest BCUT2D eigenvalue weighted by Crippen LogP contribution is 2.29. The fourth-order valence-electron chi connectivity index (χ4n) is 3.44. The summed E-state index contributed by atoms with van der Waals surface area (Å²) < 4.78 is 53.0. The summed E-state index contributed by atoms with van der Waals surface area (Å²) in [5.41, 5.74) is 0.505. The summed E-state index contributed by atoms with van der Waals surface area (Å²) in [4.78, 5) is 26.8. The zero-order valence-electron chi connectivity index (χ0n) is 16.7. The molecule has 0 spiro atoms. The Hall–Kier alpha value is -3.69. The maximum atomic E-state index is 13.1. The molecule has 0 saturated carbocycles. The monoisotopic (exact) mass is 446 g/mol. The van der Waals surface area contributed by atoms with Crippen molar-refractivity contribution >= 4 is 11.8 Å². The number of carbonyl (C=O) groups excluding carboxylic acids is 2. The summed E-state index contributed by atoms with van der Waals surface area (Å²) in [5, 5.41) is 6.68. The average molecular weight is 446 g/mol. The van der Waals surface area contributed by atoms with Crippen LogP contribution in [-0.4, -0.2) is 33.0 Å². The number of carbonyl (C=O) groups is 2. The van der Waals surface area contributed by atoms with Gasteiger partial charge in [0.25, 0.3) is 11.8 Å². The molecule has 3 aromatic rings. The van der Waals surface area contributed by atoms with Crippen molar-refractivity contribution in [2.45, 2.75) is 25.8 Å². The van der Waals surface area contributed by atoms with E-state index < -0.39 is 17.6 Å². The number of rotatable bonds is 5. The number of amides is 2. The Bertz CT molecular complexity index is 1160. The van der Waals surface area contributed by atoms with Gasteiger partial charge in [-0.15, -0.1) is 0 Å². The predicted octanol–water partition coefficient (Wildman–Crippen LogP) is 3.63. The molecule has 0 aliphatic carbocycles. The molecule has 10 heteroatoms. The van der Waals surface area contributed by atoms with E-state index in [9.17, 15) is 27.2 Å². The standard InChI is InChI=1S/C22H18F4N4O2/c23-17-6-4-14(5-7-17)13-29-8-9-30-19(21(29)32)11-18(28-30)20(31)27-12-15-2-1-3-16(10-15)22(24,25)26/h1-7,10-11H,8-9,12-13H2,(H,27,31). The van der Waals surface area contributed by atoms with Crippen molar-refractivity contribution in [1.82, 2.24) is 20.0 Å². The fourth-order valence-corrected chi connectivity index (χ4v) is 3.44. The first-order valence-electron chi connectivity index (χ1n) is 9.76. The van der Waals surface area contributed by atoms with Gasteiger partial charge < -0.3 is 10.2 Å². The Morgan fingerprint density at radius 2 is 1.78 bits per heavy atom. The first kappa shape index (κ1) is 21.5. The van der Waals surface area contributed by atoms with Gasteiger partial charge >= 0.3 is 6.18 Å². The lowest BCUT2D eigenvalue weighted by Crippen LogP contribution is -2.39. The van der Waals surface area contributed by atoms with E-state index in [1.165, 1.54) is 35.0 Å². The van der Waals surface area contributed by atoms with Crippen LogP contribution in [0.25, 0.3) is 0 Å². The van der Waals surface area contributed by atoms with Crippen molar-refractivity contribution in [3.05, 3.63) is 88.5 Å². The Morgan fingerprint density at radius 1 is 1.03 bits per heavy atom. The zero-order valence-corrected chi connectivity index (χ0v) is 16.7. The van der Waals surface area contributed by atoms with Crippen LogP contribution in [0.4, 0.5) is 17.6 Å². The molecule has 2 heterocycles. The van der Waals surface area contributed by atoms with Crippen molar-refractivity contribution in [3.8, 4) is 0 Å². The van der Waals surface area contributed by atoms with Gasteiger partial charge in [0, 0.05) is 25.7 Å². The molecule has 2 aromatic carbocycles. The van der Waals surface area contributed by atoms with Crippen molar-refractivity contribution < 1.29 is 27.2 Å². The Balaban J connectivity index is 1.42. The molecule has 32 heavy (non-hydrogen) atoms. The fraction of sp³-hybridized carbons (Fsp3) is 0.227. The third kappa shape index (κ3) is 4.63. The van der Waals surface area contributed by atoms with Crippen molar-refractivity contribution in [2.75, 3.05) is 6.54 Å². The first-order valence-corrected chi connectivity index (χ1v) is 9.76. The molecule has 0 saturated heterocycles. The minimum absolute atomic E-state index is 0.00366. The Labute approximate surface area is 180 Å². The maximum absolute atomic E-state index is 13.1.